The molecule has 5 heteroatoms. The summed E-state index contributed by atoms with van der Waals surface area (Å²) in [6.45, 7) is 0. The first-order valence-corrected chi connectivity index (χ1v) is 6.64. The van der Waals surface area contributed by atoms with E-state index in [4.69, 9.17) is 5.11 Å². The third-order valence-electron chi connectivity index (χ3n) is 3.00. The molecule has 0 spiro atoms. The molecule has 3 rings (SSSR count). The molecule has 1 aromatic carbocycles. The van der Waals surface area contributed by atoms with Crippen LogP contribution < -0.4 is 0 Å². The molecule has 17 heavy (non-hydrogen) atoms. The van der Waals surface area contributed by atoms with Crippen LogP contribution in [0.4, 0.5) is 0 Å². The quantitative estimate of drug-likeness (QED) is 0.857. The third-order valence-corrected chi connectivity index (χ3v) is 4.38. The number of hydrogen-bond donors (Lipinski definition) is 2. The zero-order valence-electron chi connectivity index (χ0n) is 9.14. The Morgan fingerprint density at radius 2 is 2.41 bits per heavy atom. The number of carbonyl (C=O) groups is 1. The molecular formula is C12H12N2O2S. The van der Waals surface area contributed by atoms with Gasteiger partial charge < -0.3 is 10.1 Å². The maximum Gasteiger partial charge on any atom is 0.337 e. The zero-order valence-corrected chi connectivity index (χ0v) is 9.96. The summed E-state index contributed by atoms with van der Waals surface area (Å²) in [5.74, 6) is 1.15. The normalized spacial score (nSPS) is 19.9. The fraction of sp³-hybridized carbons (Fsp3) is 0.333. The summed E-state index contributed by atoms with van der Waals surface area (Å²) in [5, 5.41) is 9.49. The number of imidazole rings is 1. The van der Waals surface area contributed by atoms with Crippen LogP contribution in [-0.2, 0) is 0 Å². The Kier molecular flexibility index (Phi) is 2.55. The number of H-pyrrole nitrogens is 1. The molecule has 0 saturated carbocycles. The number of carboxylic acids is 1. The van der Waals surface area contributed by atoms with Crippen LogP contribution in [0.5, 0.6) is 0 Å². The summed E-state index contributed by atoms with van der Waals surface area (Å²) in [7, 11) is 0. The van der Waals surface area contributed by atoms with Gasteiger partial charge in [0.05, 0.1) is 16.3 Å². The maximum atomic E-state index is 11.1. The van der Waals surface area contributed by atoms with Gasteiger partial charge in [0.1, 0.15) is 11.3 Å². The number of aromatic amines is 1. The first-order valence-electron chi connectivity index (χ1n) is 5.59. The van der Waals surface area contributed by atoms with Crippen molar-refractivity contribution in [3.63, 3.8) is 0 Å². The van der Waals surface area contributed by atoms with Gasteiger partial charge in [-0.15, -0.1) is 0 Å². The van der Waals surface area contributed by atoms with Crippen molar-refractivity contribution in [1.82, 2.24) is 9.97 Å². The van der Waals surface area contributed by atoms with E-state index in [9.17, 15) is 4.79 Å². The van der Waals surface area contributed by atoms with Crippen LogP contribution in [0.2, 0.25) is 0 Å². The Morgan fingerprint density at radius 3 is 3.12 bits per heavy atom. The number of benzene rings is 1. The molecule has 1 saturated heterocycles. The predicted molar refractivity (Wildman–Crippen MR) is 67.5 cm³/mol. The Hall–Kier alpha value is -1.49. The second kappa shape index (κ2) is 4.07. The first-order chi connectivity index (χ1) is 8.25. The summed E-state index contributed by atoms with van der Waals surface area (Å²) in [4.78, 5) is 18.8. The van der Waals surface area contributed by atoms with E-state index in [-0.39, 0.29) is 5.56 Å². The first kappa shape index (κ1) is 10.7. The largest absolute Gasteiger partial charge is 0.478 e. The molecule has 1 aliphatic rings. The predicted octanol–water partition coefficient (Wildman–Crippen LogP) is 2.83. The van der Waals surface area contributed by atoms with Crippen LogP contribution >= 0.6 is 11.8 Å². The van der Waals surface area contributed by atoms with Gasteiger partial charge in [-0.1, -0.05) is 6.07 Å². The van der Waals surface area contributed by atoms with E-state index in [1.807, 2.05) is 17.8 Å². The number of aromatic nitrogens is 2. The number of nitrogens with zero attached hydrogens (tertiary/aromatic N) is 1. The van der Waals surface area contributed by atoms with Gasteiger partial charge in [-0.2, -0.15) is 11.8 Å². The lowest BCUT2D eigenvalue weighted by molar-refractivity contribution is 0.0699. The highest BCUT2D eigenvalue weighted by Crippen LogP contribution is 2.39. The highest BCUT2D eigenvalue weighted by atomic mass is 32.2. The fourth-order valence-electron chi connectivity index (χ4n) is 2.17. The highest BCUT2D eigenvalue weighted by molar-refractivity contribution is 7.99. The van der Waals surface area contributed by atoms with E-state index in [2.05, 4.69) is 9.97 Å². The maximum absolute atomic E-state index is 11.1. The number of aromatic carboxylic acids is 1. The number of nitrogens with one attached hydrogen (secondary N) is 1. The number of thioether (sulfide) groups is 1. The number of para-hydroxylation sites is 1. The van der Waals surface area contributed by atoms with Gasteiger partial charge in [0, 0.05) is 0 Å². The molecule has 2 N–H and O–H groups in total. The van der Waals surface area contributed by atoms with Crippen molar-refractivity contribution in [2.45, 2.75) is 18.1 Å². The SMILES string of the molecule is O=C(O)c1cccc2[nH]c(C3CCCS3)nc12. The molecule has 0 aliphatic carbocycles. The van der Waals surface area contributed by atoms with E-state index < -0.39 is 5.97 Å². The molecule has 1 aromatic heterocycles. The standard InChI is InChI=1S/C12H12N2O2S/c15-12(16)7-3-1-4-8-10(7)14-11(13-8)9-5-2-6-17-9/h1,3-4,9H,2,5-6H2,(H,13,14)(H,15,16). The average Bonchev–Trinajstić information content (AvgIpc) is 2.96. The molecule has 2 heterocycles. The molecule has 1 fully saturated rings. The van der Waals surface area contributed by atoms with Crippen molar-refractivity contribution < 1.29 is 9.90 Å². The molecule has 1 unspecified atom stereocenters. The van der Waals surface area contributed by atoms with E-state index in [0.717, 1.165) is 23.5 Å². The minimum atomic E-state index is -0.923. The van der Waals surface area contributed by atoms with E-state index >= 15 is 0 Å². The lowest BCUT2D eigenvalue weighted by Crippen LogP contribution is -1.97. The molecule has 0 bridgehead atoms. The smallest absolute Gasteiger partial charge is 0.337 e. The van der Waals surface area contributed by atoms with Crippen LogP contribution in [0.25, 0.3) is 11.0 Å². The molecule has 4 nitrogen and oxygen atoms in total. The third kappa shape index (κ3) is 1.80. The lowest BCUT2D eigenvalue weighted by atomic mass is 10.2. The minimum Gasteiger partial charge on any atom is -0.478 e. The van der Waals surface area contributed by atoms with Gasteiger partial charge >= 0.3 is 5.97 Å². The van der Waals surface area contributed by atoms with Gasteiger partial charge in [0.25, 0.3) is 0 Å². The van der Waals surface area contributed by atoms with Crippen molar-refractivity contribution in [3.8, 4) is 0 Å². The zero-order chi connectivity index (χ0) is 11.8. The molecule has 0 amide bonds. The van der Waals surface area contributed by atoms with E-state index in [0.29, 0.717) is 10.8 Å². The minimum absolute atomic E-state index is 0.271. The molecule has 0 radical (unpaired) electrons. The summed E-state index contributed by atoms with van der Waals surface area (Å²) in [6.07, 6.45) is 2.32. The molecule has 1 atom stereocenters. The van der Waals surface area contributed by atoms with Crippen molar-refractivity contribution in [1.29, 1.82) is 0 Å². The van der Waals surface area contributed by atoms with Crippen LogP contribution in [0.15, 0.2) is 18.2 Å². The van der Waals surface area contributed by atoms with Crippen molar-refractivity contribution in [2.75, 3.05) is 5.75 Å². The summed E-state index contributed by atoms with van der Waals surface area (Å²) >= 11 is 1.88. The Bertz CT molecular complexity index is 573. The number of fused-ring (bicyclic) bond motifs is 1. The number of carboxylic acid groups (broad SMARTS) is 1. The highest BCUT2D eigenvalue weighted by Gasteiger charge is 2.22. The lowest BCUT2D eigenvalue weighted by Gasteiger charge is -2.02. The number of rotatable bonds is 2. The second-order valence-corrected chi connectivity index (χ2v) is 5.44. The molecule has 2 aromatic rings. The summed E-state index contributed by atoms with van der Waals surface area (Å²) < 4.78 is 0. The van der Waals surface area contributed by atoms with Crippen molar-refractivity contribution >= 4 is 28.8 Å². The van der Waals surface area contributed by atoms with Gasteiger partial charge in [0.2, 0.25) is 0 Å². The Morgan fingerprint density at radius 1 is 1.53 bits per heavy atom. The summed E-state index contributed by atoms with van der Waals surface area (Å²) in [5.41, 5.74) is 1.66. The second-order valence-electron chi connectivity index (χ2n) is 4.13. The Balaban J connectivity index is 2.11. The van der Waals surface area contributed by atoms with Crippen LogP contribution in [0.1, 0.15) is 34.3 Å². The Labute approximate surface area is 102 Å². The van der Waals surface area contributed by atoms with Crippen LogP contribution in [-0.4, -0.2) is 26.8 Å². The molecule has 1 aliphatic heterocycles. The van der Waals surface area contributed by atoms with Gasteiger partial charge in [-0.3, -0.25) is 0 Å². The van der Waals surface area contributed by atoms with E-state index in [1.165, 1.54) is 6.42 Å². The van der Waals surface area contributed by atoms with Crippen molar-refractivity contribution in [2.24, 2.45) is 0 Å². The fourth-order valence-corrected chi connectivity index (χ4v) is 3.39. The number of hydrogen-bond acceptors (Lipinski definition) is 3. The topological polar surface area (TPSA) is 66.0 Å². The van der Waals surface area contributed by atoms with Crippen LogP contribution in [0, 0.1) is 0 Å². The van der Waals surface area contributed by atoms with Gasteiger partial charge in [-0.05, 0) is 30.7 Å². The summed E-state index contributed by atoms with van der Waals surface area (Å²) in [6, 6.07) is 5.21. The monoisotopic (exact) mass is 248 g/mol. The van der Waals surface area contributed by atoms with Crippen LogP contribution in [0.3, 0.4) is 0 Å². The van der Waals surface area contributed by atoms with Gasteiger partial charge in [0.15, 0.2) is 0 Å². The van der Waals surface area contributed by atoms with Gasteiger partial charge in [-0.25, -0.2) is 9.78 Å². The van der Waals surface area contributed by atoms with E-state index in [1.54, 1.807) is 12.1 Å². The average molecular weight is 248 g/mol. The molecule has 88 valence electrons. The van der Waals surface area contributed by atoms with Crippen molar-refractivity contribution in [3.05, 3.63) is 29.6 Å². The molecular weight excluding hydrogens is 236 g/mol.